The first kappa shape index (κ1) is 9.55. The molecule has 1 nitrogen and oxygen atoms in total. The van der Waals surface area contributed by atoms with E-state index in [1.165, 1.54) is 23.9 Å². The minimum absolute atomic E-state index is 0.0789. The van der Waals surface area contributed by atoms with Crippen LogP contribution in [0.3, 0.4) is 0 Å². The monoisotopic (exact) mass is 203 g/mol. The van der Waals surface area contributed by atoms with Crippen molar-refractivity contribution in [1.82, 2.24) is 0 Å². The quantitative estimate of drug-likeness (QED) is 0.529. The van der Waals surface area contributed by atoms with Crippen molar-refractivity contribution in [3.63, 3.8) is 0 Å². The molecule has 0 fully saturated rings. The standard InChI is InChI=1S/C8H7ClFNS/c1-11-7-3-5(9)6(10)4-8(7)12-2/h3-4H,1H2,2H3. The van der Waals surface area contributed by atoms with Crippen LogP contribution in [0.1, 0.15) is 0 Å². The predicted octanol–water partition coefficient (Wildman–Crippen LogP) is 3.53. The number of hydrogen-bond acceptors (Lipinski definition) is 2. The Kier molecular flexibility index (Phi) is 3.12. The highest BCUT2D eigenvalue weighted by atomic mass is 35.5. The largest absolute Gasteiger partial charge is 0.263 e. The highest BCUT2D eigenvalue weighted by Gasteiger charge is 2.05. The van der Waals surface area contributed by atoms with Crippen LogP contribution < -0.4 is 0 Å². The van der Waals surface area contributed by atoms with Crippen LogP contribution in [0.15, 0.2) is 22.0 Å². The van der Waals surface area contributed by atoms with Crippen molar-refractivity contribution in [2.45, 2.75) is 4.90 Å². The van der Waals surface area contributed by atoms with E-state index in [1.807, 2.05) is 6.26 Å². The summed E-state index contributed by atoms with van der Waals surface area (Å²) in [6, 6.07) is 2.83. The summed E-state index contributed by atoms with van der Waals surface area (Å²) in [6.07, 6.45) is 1.84. The normalized spacial score (nSPS) is 9.92. The van der Waals surface area contributed by atoms with Crippen LogP contribution in [0, 0.1) is 5.82 Å². The van der Waals surface area contributed by atoms with Gasteiger partial charge in [0, 0.05) is 4.90 Å². The maximum atomic E-state index is 12.9. The van der Waals surface area contributed by atoms with Crippen molar-refractivity contribution >= 4 is 35.8 Å². The van der Waals surface area contributed by atoms with Gasteiger partial charge in [0.2, 0.25) is 0 Å². The molecule has 0 aliphatic heterocycles. The number of benzene rings is 1. The minimum atomic E-state index is -0.423. The molecule has 0 atom stereocenters. The zero-order valence-corrected chi connectivity index (χ0v) is 8.05. The molecule has 0 saturated carbocycles. The predicted molar refractivity (Wildman–Crippen MR) is 52.4 cm³/mol. The molecule has 0 unspecified atom stereocenters. The number of thioether (sulfide) groups is 1. The van der Waals surface area contributed by atoms with Gasteiger partial charge in [-0.25, -0.2) is 4.39 Å². The van der Waals surface area contributed by atoms with Crippen LogP contribution in [-0.2, 0) is 0 Å². The Bertz CT molecular complexity index is 314. The number of rotatable bonds is 2. The van der Waals surface area contributed by atoms with Crippen LogP contribution in [-0.4, -0.2) is 13.0 Å². The Morgan fingerprint density at radius 3 is 2.75 bits per heavy atom. The third kappa shape index (κ3) is 1.79. The van der Waals surface area contributed by atoms with Gasteiger partial charge < -0.3 is 0 Å². The van der Waals surface area contributed by atoms with Crippen LogP contribution in [0.2, 0.25) is 5.02 Å². The lowest BCUT2D eigenvalue weighted by Gasteiger charge is -2.02. The van der Waals surface area contributed by atoms with E-state index >= 15 is 0 Å². The molecule has 0 heterocycles. The summed E-state index contributed by atoms with van der Waals surface area (Å²) in [5.74, 6) is -0.423. The van der Waals surface area contributed by atoms with E-state index in [1.54, 1.807) is 0 Å². The molecule has 12 heavy (non-hydrogen) atoms. The number of halogens is 2. The van der Waals surface area contributed by atoms with Gasteiger partial charge in [-0.15, -0.1) is 11.8 Å². The van der Waals surface area contributed by atoms with Crippen LogP contribution in [0.25, 0.3) is 0 Å². The smallest absolute Gasteiger partial charge is 0.143 e. The van der Waals surface area contributed by atoms with Gasteiger partial charge >= 0.3 is 0 Å². The molecule has 0 radical (unpaired) electrons. The topological polar surface area (TPSA) is 12.4 Å². The van der Waals surface area contributed by atoms with E-state index in [0.29, 0.717) is 5.69 Å². The lowest BCUT2D eigenvalue weighted by molar-refractivity contribution is 0.625. The zero-order chi connectivity index (χ0) is 9.14. The fourth-order valence-electron chi connectivity index (χ4n) is 0.805. The molecule has 64 valence electrons. The zero-order valence-electron chi connectivity index (χ0n) is 6.47. The van der Waals surface area contributed by atoms with Crippen LogP contribution in [0.5, 0.6) is 0 Å². The maximum Gasteiger partial charge on any atom is 0.143 e. The second-order valence-corrected chi connectivity index (χ2v) is 3.35. The molecule has 1 aromatic rings. The molecule has 0 spiro atoms. The molecule has 0 aromatic heterocycles. The first-order valence-electron chi connectivity index (χ1n) is 3.18. The Morgan fingerprint density at radius 1 is 1.58 bits per heavy atom. The van der Waals surface area contributed by atoms with E-state index in [4.69, 9.17) is 11.6 Å². The molecule has 0 bridgehead atoms. The summed E-state index contributed by atoms with van der Waals surface area (Å²) in [6.45, 7) is 3.37. The lowest BCUT2D eigenvalue weighted by atomic mass is 10.3. The minimum Gasteiger partial charge on any atom is -0.263 e. The van der Waals surface area contributed by atoms with Crippen molar-refractivity contribution in [3.05, 3.63) is 23.0 Å². The summed E-state index contributed by atoms with van der Waals surface area (Å²) in [4.78, 5) is 4.46. The van der Waals surface area contributed by atoms with E-state index < -0.39 is 5.82 Å². The molecule has 0 aliphatic rings. The first-order chi connectivity index (χ1) is 5.69. The number of nitrogens with zero attached hydrogens (tertiary/aromatic N) is 1. The lowest BCUT2D eigenvalue weighted by Crippen LogP contribution is -1.79. The van der Waals surface area contributed by atoms with Gasteiger partial charge in [-0.2, -0.15) is 0 Å². The summed E-state index contributed by atoms with van der Waals surface area (Å²) in [5, 5.41) is 0.0789. The molecular weight excluding hydrogens is 197 g/mol. The van der Waals surface area contributed by atoms with Crippen molar-refractivity contribution in [1.29, 1.82) is 0 Å². The van der Waals surface area contributed by atoms with Crippen LogP contribution in [0.4, 0.5) is 10.1 Å². The molecule has 0 N–H and O–H groups in total. The van der Waals surface area contributed by atoms with Crippen molar-refractivity contribution in [2.24, 2.45) is 4.99 Å². The SMILES string of the molecule is C=Nc1cc(Cl)c(F)cc1SC. The van der Waals surface area contributed by atoms with Gasteiger partial charge in [0.15, 0.2) is 0 Å². The summed E-state index contributed by atoms with van der Waals surface area (Å²) in [5.41, 5.74) is 0.619. The third-order valence-electron chi connectivity index (χ3n) is 1.39. The molecule has 0 aliphatic carbocycles. The van der Waals surface area contributed by atoms with Gasteiger partial charge in [0.1, 0.15) is 5.82 Å². The van der Waals surface area contributed by atoms with Crippen molar-refractivity contribution in [3.8, 4) is 0 Å². The van der Waals surface area contributed by atoms with Crippen molar-refractivity contribution in [2.75, 3.05) is 6.26 Å². The van der Waals surface area contributed by atoms with E-state index in [-0.39, 0.29) is 5.02 Å². The highest BCUT2D eigenvalue weighted by Crippen LogP contribution is 2.32. The molecule has 4 heteroatoms. The Morgan fingerprint density at radius 2 is 2.25 bits per heavy atom. The van der Waals surface area contributed by atoms with Gasteiger partial charge in [-0.1, -0.05) is 11.6 Å². The van der Waals surface area contributed by atoms with Crippen molar-refractivity contribution < 1.29 is 4.39 Å². The Labute approximate surface area is 79.6 Å². The fourth-order valence-corrected chi connectivity index (χ4v) is 1.52. The fraction of sp³-hybridized carbons (Fsp3) is 0.125. The van der Waals surface area contributed by atoms with Gasteiger partial charge in [0.25, 0.3) is 0 Å². The third-order valence-corrected chi connectivity index (χ3v) is 2.45. The number of hydrogen-bond donors (Lipinski definition) is 0. The second kappa shape index (κ2) is 3.92. The van der Waals surface area contributed by atoms with E-state index in [2.05, 4.69) is 11.7 Å². The second-order valence-electron chi connectivity index (χ2n) is 2.10. The summed E-state index contributed by atoms with van der Waals surface area (Å²) >= 11 is 6.96. The van der Waals surface area contributed by atoms with E-state index in [0.717, 1.165) is 4.90 Å². The molecular formula is C8H7ClFNS. The molecule has 0 amide bonds. The summed E-state index contributed by atoms with van der Waals surface area (Å²) < 4.78 is 12.9. The highest BCUT2D eigenvalue weighted by molar-refractivity contribution is 7.98. The van der Waals surface area contributed by atoms with Gasteiger partial charge in [-0.05, 0) is 25.1 Å². The average molecular weight is 204 g/mol. The molecule has 1 rings (SSSR count). The first-order valence-corrected chi connectivity index (χ1v) is 4.79. The van der Waals surface area contributed by atoms with Gasteiger partial charge in [-0.3, -0.25) is 4.99 Å². The number of aliphatic imine (C=N–C) groups is 1. The summed E-state index contributed by atoms with van der Waals surface area (Å²) in [7, 11) is 0. The van der Waals surface area contributed by atoms with Gasteiger partial charge in [0.05, 0.1) is 10.7 Å². The molecule has 0 saturated heterocycles. The van der Waals surface area contributed by atoms with Crippen LogP contribution >= 0.6 is 23.4 Å². The Balaban J connectivity index is 3.28. The maximum absolute atomic E-state index is 12.9. The average Bonchev–Trinajstić information content (AvgIpc) is 2.09. The Hall–Kier alpha value is -0.540. The van der Waals surface area contributed by atoms with E-state index in [9.17, 15) is 4.39 Å². The molecule has 1 aromatic carbocycles.